The molecule has 1 amide bonds. The molecule has 1 fully saturated rings. The normalized spacial score (nSPS) is 16.2. The molecule has 1 heterocycles. The highest BCUT2D eigenvalue weighted by atomic mass is 35.5. The molecule has 26 heavy (non-hydrogen) atoms. The lowest BCUT2D eigenvalue weighted by Crippen LogP contribution is -2.40. The molecule has 0 aromatic heterocycles. The summed E-state index contributed by atoms with van der Waals surface area (Å²) in [7, 11) is 0. The van der Waals surface area contributed by atoms with E-state index in [9.17, 15) is 4.79 Å². The van der Waals surface area contributed by atoms with Crippen LogP contribution in [-0.2, 0) is 16.1 Å². The van der Waals surface area contributed by atoms with Gasteiger partial charge in [-0.3, -0.25) is 9.69 Å². The number of rotatable bonds is 9. The predicted octanol–water partition coefficient (Wildman–Crippen LogP) is 2.75. The largest absolute Gasteiger partial charge is 0.378 e. The van der Waals surface area contributed by atoms with Crippen LogP contribution in [0, 0.1) is 0 Å². The molecular formula is C19H33Cl2N3O2. The fourth-order valence-electron chi connectivity index (χ4n) is 2.93. The molecule has 0 saturated carbocycles. The molecule has 0 unspecified atom stereocenters. The van der Waals surface area contributed by atoms with Crippen molar-refractivity contribution in [2.45, 2.75) is 51.3 Å². The molecule has 2 rings (SSSR count). The summed E-state index contributed by atoms with van der Waals surface area (Å²) >= 11 is 0. The highest BCUT2D eigenvalue weighted by Gasteiger charge is 2.19. The predicted molar refractivity (Wildman–Crippen MR) is 111 cm³/mol. The van der Waals surface area contributed by atoms with E-state index in [1.54, 1.807) is 0 Å². The maximum atomic E-state index is 11.5. The number of nitrogens with two attached hydrogens (primary N) is 1. The highest BCUT2D eigenvalue weighted by molar-refractivity contribution is 5.85. The zero-order valence-electron chi connectivity index (χ0n) is 15.6. The van der Waals surface area contributed by atoms with Gasteiger partial charge in [0.15, 0.2) is 0 Å². The Labute approximate surface area is 169 Å². The van der Waals surface area contributed by atoms with Crippen molar-refractivity contribution < 1.29 is 9.53 Å². The van der Waals surface area contributed by atoms with Gasteiger partial charge in [0, 0.05) is 32.8 Å². The molecule has 7 heteroatoms. The van der Waals surface area contributed by atoms with Gasteiger partial charge in [0.25, 0.3) is 0 Å². The third-order valence-electron chi connectivity index (χ3n) is 4.53. The first-order valence-corrected chi connectivity index (χ1v) is 9.10. The van der Waals surface area contributed by atoms with Gasteiger partial charge < -0.3 is 15.8 Å². The van der Waals surface area contributed by atoms with E-state index in [1.165, 1.54) is 5.56 Å². The van der Waals surface area contributed by atoms with Gasteiger partial charge in [-0.2, -0.15) is 0 Å². The quantitative estimate of drug-likeness (QED) is 0.619. The number of hydrogen-bond donors (Lipinski definition) is 2. The van der Waals surface area contributed by atoms with Crippen molar-refractivity contribution >= 4 is 30.7 Å². The van der Waals surface area contributed by atoms with E-state index in [0.717, 1.165) is 38.9 Å². The number of nitrogens with zero attached hydrogens (tertiary/aromatic N) is 1. The van der Waals surface area contributed by atoms with Gasteiger partial charge in [0.05, 0.1) is 12.1 Å². The molecule has 0 spiro atoms. The minimum atomic E-state index is -0.389. The van der Waals surface area contributed by atoms with E-state index in [4.69, 9.17) is 10.5 Å². The SMILES string of the molecule is CC[C@H](N)C(=O)NCCCOC1CCN(Cc2ccccc2)CC1.Cl.Cl. The standard InChI is InChI=1S/C19H31N3O2.2ClH/c1-2-18(20)19(23)21-11-6-14-24-17-9-12-22(13-10-17)15-16-7-4-3-5-8-16;;/h3-5,7-8,17-18H,2,6,9-15,20H2,1H3,(H,21,23);2*1H/t18-;;/m0../s1. The van der Waals surface area contributed by atoms with Crippen LogP contribution in [0.1, 0.15) is 38.2 Å². The first-order valence-electron chi connectivity index (χ1n) is 9.10. The topological polar surface area (TPSA) is 67.6 Å². The fraction of sp³-hybridized carbons (Fsp3) is 0.632. The molecule has 0 radical (unpaired) electrons. The van der Waals surface area contributed by atoms with Crippen molar-refractivity contribution in [1.29, 1.82) is 0 Å². The second-order valence-corrected chi connectivity index (χ2v) is 6.49. The Hall–Kier alpha value is -0.850. The van der Waals surface area contributed by atoms with Gasteiger partial charge in [0.2, 0.25) is 5.91 Å². The van der Waals surface area contributed by atoms with E-state index < -0.39 is 0 Å². The van der Waals surface area contributed by atoms with Gasteiger partial charge in [-0.15, -0.1) is 24.8 Å². The second-order valence-electron chi connectivity index (χ2n) is 6.49. The van der Waals surface area contributed by atoms with Gasteiger partial charge in [0.1, 0.15) is 0 Å². The monoisotopic (exact) mass is 405 g/mol. The number of likely N-dealkylation sites (tertiary alicyclic amines) is 1. The number of ether oxygens (including phenoxy) is 1. The molecule has 1 aromatic rings. The van der Waals surface area contributed by atoms with E-state index in [2.05, 4.69) is 40.5 Å². The molecule has 5 nitrogen and oxygen atoms in total. The Kier molecular flexibility index (Phi) is 13.8. The lowest BCUT2D eigenvalue weighted by atomic mass is 10.1. The fourth-order valence-corrected chi connectivity index (χ4v) is 2.93. The number of amides is 1. The maximum absolute atomic E-state index is 11.5. The first-order chi connectivity index (χ1) is 11.7. The summed E-state index contributed by atoms with van der Waals surface area (Å²) in [6.45, 7) is 6.45. The summed E-state index contributed by atoms with van der Waals surface area (Å²) in [5.41, 5.74) is 7.04. The Balaban J connectivity index is 0.00000312. The van der Waals surface area contributed by atoms with Gasteiger partial charge >= 0.3 is 0 Å². The molecule has 1 aliphatic rings. The van der Waals surface area contributed by atoms with E-state index in [1.807, 2.05) is 6.92 Å². The average Bonchev–Trinajstić information content (AvgIpc) is 2.62. The van der Waals surface area contributed by atoms with E-state index in [0.29, 0.717) is 25.7 Å². The lowest BCUT2D eigenvalue weighted by Gasteiger charge is -2.32. The summed E-state index contributed by atoms with van der Waals surface area (Å²) in [6.07, 6.45) is 4.03. The third-order valence-corrected chi connectivity index (χ3v) is 4.53. The number of carbonyl (C=O) groups is 1. The van der Waals surface area contributed by atoms with Crippen LogP contribution in [-0.4, -0.2) is 49.2 Å². The summed E-state index contributed by atoms with van der Waals surface area (Å²) in [5.74, 6) is -0.0632. The summed E-state index contributed by atoms with van der Waals surface area (Å²) in [4.78, 5) is 14.0. The van der Waals surface area contributed by atoms with Gasteiger partial charge in [-0.1, -0.05) is 37.3 Å². The van der Waals surface area contributed by atoms with Crippen LogP contribution in [0.25, 0.3) is 0 Å². The van der Waals surface area contributed by atoms with Gasteiger partial charge in [-0.25, -0.2) is 0 Å². The van der Waals surface area contributed by atoms with Crippen LogP contribution < -0.4 is 11.1 Å². The van der Waals surface area contributed by atoms with Crippen molar-refractivity contribution in [3.63, 3.8) is 0 Å². The Morgan fingerprint density at radius 2 is 1.92 bits per heavy atom. The summed E-state index contributed by atoms with van der Waals surface area (Å²) < 4.78 is 5.94. The maximum Gasteiger partial charge on any atom is 0.236 e. The number of benzene rings is 1. The summed E-state index contributed by atoms with van der Waals surface area (Å²) in [5, 5.41) is 2.85. The molecular weight excluding hydrogens is 373 g/mol. The average molecular weight is 406 g/mol. The number of halogens is 2. The molecule has 0 bridgehead atoms. The molecule has 0 aliphatic carbocycles. The van der Waals surface area contributed by atoms with Gasteiger partial charge in [-0.05, 0) is 31.2 Å². The zero-order valence-corrected chi connectivity index (χ0v) is 17.2. The zero-order chi connectivity index (χ0) is 17.2. The first kappa shape index (κ1) is 25.1. The van der Waals surface area contributed by atoms with Crippen LogP contribution in [0.15, 0.2) is 30.3 Å². The molecule has 1 atom stereocenters. The smallest absolute Gasteiger partial charge is 0.236 e. The summed E-state index contributed by atoms with van der Waals surface area (Å²) in [6, 6.07) is 10.2. The van der Waals surface area contributed by atoms with Crippen LogP contribution in [0.3, 0.4) is 0 Å². The van der Waals surface area contributed by atoms with Crippen molar-refractivity contribution in [1.82, 2.24) is 10.2 Å². The number of hydrogen-bond acceptors (Lipinski definition) is 4. The third kappa shape index (κ3) is 9.19. The molecule has 3 N–H and O–H groups in total. The number of nitrogens with one attached hydrogen (secondary N) is 1. The second kappa shape index (κ2) is 14.2. The Bertz CT molecular complexity index is 483. The lowest BCUT2D eigenvalue weighted by molar-refractivity contribution is -0.122. The Morgan fingerprint density at radius 3 is 2.54 bits per heavy atom. The number of piperidine rings is 1. The highest BCUT2D eigenvalue weighted by Crippen LogP contribution is 2.16. The molecule has 1 saturated heterocycles. The van der Waals surface area contributed by atoms with E-state index in [-0.39, 0.29) is 36.8 Å². The van der Waals surface area contributed by atoms with Crippen molar-refractivity contribution in [2.75, 3.05) is 26.2 Å². The van der Waals surface area contributed by atoms with Crippen LogP contribution in [0.2, 0.25) is 0 Å². The van der Waals surface area contributed by atoms with Crippen LogP contribution in [0.5, 0.6) is 0 Å². The van der Waals surface area contributed by atoms with Crippen molar-refractivity contribution in [3.8, 4) is 0 Å². The molecule has 150 valence electrons. The molecule has 1 aromatic carbocycles. The number of carbonyl (C=O) groups excluding carboxylic acids is 1. The van der Waals surface area contributed by atoms with E-state index >= 15 is 0 Å². The van der Waals surface area contributed by atoms with Crippen molar-refractivity contribution in [2.24, 2.45) is 5.73 Å². The Morgan fingerprint density at radius 1 is 1.27 bits per heavy atom. The molecule has 1 aliphatic heterocycles. The van der Waals surface area contributed by atoms with Crippen molar-refractivity contribution in [3.05, 3.63) is 35.9 Å². The minimum absolute atomic E-state index is 0. The van der Waals surface area contributed by atoms with Crippen LogP contribution >= 0.6 is 24.8 Å². The minimum Gasteiger partial charge on any atom is -0.378 e. The van der Waals surface area contributed by atoms with Crippen LogP contribution in [0.4, 0.5) is 0 Å².